The molecule has 538 valence electrons. The van der Waals surface area contributed by atoms with E-state index in [1.807, 2.05) is 29.5 Å². The van der Waals surface area contributed by atoms with E-state index in [2.05, 4.69) is 39.8 Å². The number of hydrogen-bond donors (Lipinski definition) is 10. The fourth-order valence-electron chi connectivity index (χ4n) is 12.0. The van der Waals surface area contributed by atoms with Gasteiger partial charge in [0.05, 0.1) is 90.2 Å². The molecule has 28 nitrogen and oxygen atoms in total. The highest BCUT2D eigenvalue weighted by Gasteiger charge is 2.52. The molecule has 11 N–H and O–H groups in total. The molecular formula is C65H89IN4O24S3. The number of aliphatic carboxylic acids is 1. The third kappa shape index (κ3) is 20.3. The summed E-state index contributed by atoms with van der Waals surface area (Å²) < 4.78 is 67.9. The smallest absolute Gasteiger partial charge is 0.322 e. The summed E-state index contributed by atoms with van der Waals surface area (Å²) in [4.78, 5) is 85.4. The lowest BCUT2D eigenvalue weighted by molar-refractivity contribution is -0.336. The topological polar surface area (TPSA) is 397 Å². The lowest BCUT2D eigenvalue weighted by Crippen LogP contribution is -2.65. The molecule has 1 amide bonds. The highest BCUT2D eigenvalue weighted by atomic mass is 127. The molecule has 0 spiro atoms. The fourth-order valence-corrected chi connectivity index (χ4v) is 15.9. The molecule has 0 aromatic heterocycles. The summed E-state index contributed by atoms with van der Waals surface area (Å²) >= 11 is 2.79. The van der Waals surface area contributed by atoms with E-state index in [1.165, 1.54) is 62.0 Å². The number of benzene rings is 1. The number of carboxylic acid groups (broad SMARTS) is 1. The number of fused-ring (bicyclic) bond motifs is 2. The molecule has 1 aromatic carbocycles. The van der Waals surface area contributed by atoms with Crippen molar-refractivity contribution in [3.05, 3.63) is 49.6 Å². The number of halogens is 1. The summed E-state index contributed by atoms with van der Waals surface area (Å²) in [5.41, 5.74) is 6.93. The van der Waals surface area contributed by atoms with E-state index in [4.69, 9.17) is 62.7 Å². The summed E-state index contributed by atoms with van der Waals surface area (Å²) in [5.74, 6) is 7.78. The van der Waals surface area contributed by atoms with E-state index >= 15 is 0 Å². The number of ether oxygens (including phenoxy) is 11. The Hall–Kier alpha value is -4.32. The Bertz CT molecular complexity index is 3180. The van der Waals surface area contributed by atoms with Gasteiger partial charge in [0, 0.05) is 74.5 Å². The quantitative estimate of drug-likeness (QED) is 0.0162. The number of carboxylic acids is 1. The second-order valence-electron chi connectivity index (χ2n) is 23.9. The summed E-state index contributed by atoms with van der Waals surface area (Å²) in [6.45, 7) is 10.2. The summed E-state index contributed by atoms with van der Waals surface area (Å²) in [6, 6.07) is -1.36. The Labute approximate surface area is 589 Å². The number of hydrogen-bond acceptors (Lipinski definition) is 29. The minimum Gasteiger partial charge on any atom is -0.492 e. The van der Waals surface area contributed by atoms with Crippen LogP contribution in [-0.2, 0) is 66.7 Å². The summed E-state index contributed by atoms with van der Waals surface area (Å²) in [6.07, 6.45) is -13.7. The summed E-state index contributed by atoms with van der Waals surface area (Å²) in [7, 11) is 8.02. The second kappa shape index (κ2) is 37.6. The first kappa shape index (κ1) is 80.0. The van der Waals surface area contributed by atoms with Gasteiger partial charge in [-0.2, -0.15) is 5.48 Å². The third-order valence-electron chi connectivity index (χ3n) is 17.0. The molecule has 4 fully saturated rings. The maximum atomic E-state index is 14.5. The van der Waals surface area contributed by atoms with Crippen LogP contribution in [0.2, 0.25) is 0 Å². The van der Waals surface area contributed by atoms with Gasteiger partial charge >= 0.3 is 5.97 Å². The fraction of sp³-hybridized carbons (Fsp3) is 0.662. The van der Waals surface area contributed by atoms with Gasteiger partial charge in [-0.25, -0.2) is 0 Å². The number of methoxy groups -OCH3 is 4. The maximum Gasteiger partial charge on any atom is 0.322 e. The average Bonchev–Trinajstić information content (AvgIpc) is 0.765. The van der Waals surface area contributed by atoms with Crippen LogP contribution in [-0.4, -0.2) is 246 Å². The molecule has 4 saturated heterocycles. The number of aliphatic hydroxyl groups excluding tert-OH is 4. The normalized spacial score (nSPS) is 33.0. The van der Waals surface area contributed by atoms with Crippen LogP contribution in [0.25, 0.3) is 0 Å². The van der Waals surface area contributed by atoms with Crippen LogP contribution < -0.4 is 36.1 Å². The van der Waals surface area contributed by atoms with Crippen LogP contribution >= 0.6 is 55.9 Å². The third-order valence-corrected chi connectivity index (χ3v) is 22.1. The van der Waals surface area contributed by atoms with Gasteiger partial charge < -0.3 is 99.1 Å². The predicted octanol–water partition coefficient (Wildman–Crippen LogP) is 2.10. The van der Waals surface area contributed by atoms with E-state index in [9.17, 15) is 59.4 Å². The van der Waals surface area contributed by atoms with Crippen molar-refractivity contribution in [3.8, 4) is 40.9 Å². The number of thioether (sulfide) groups is 1. The number of aliphatic hydroxyl groups is 5. The number of hydroxylamine groups is 1. The number of rotatable bonds is 32. The highest BCUT2D eigenvalue weighted by Crippen LogP contribution is 2.49. The highest BCUT2D eigenvalue weighted by molar-refractivity contribution is 14.1. The monoisotopic (exact) mass is 1530 g/mol. The number of nitrogens with one attached hydrogen (secondary N) is 3. The van der Waals surface area contributed by atoms with Crippen LogP contribution in [0.4, 0.5) is 0 Å². The largest absolute Gasteiger partial charge is 0.492 e. The van der Waals surface area contributed by atoms with Gasteiger partial charge in [0.25, 0.3) is 0 Å². The van der Waals surface area contributed by atoms with Crippen LogP contribution in [0.15, 0.2) is 34.9 Å². The van der Waals surface area contributed by atoms with Crippen LogP contribution in [0.3, 0.4) is 0 Å². The Morgan fingerprint density at radius 3 is 2.27 bits per heavy atom. The van der Waals surface area contributed by atoms with E-state index < -0.39 is 163 Å². The van der Waals surface area contributed by atoms with Crippen molar-refractivity contribution >= 4 is 90.3 Å². The van der Waals surface area contributed by atoms with E-state index in [-0.39, 0.29) is 102 Å². The molecule has 2 aliphatic carbocycles. The minimum atomic E-state index is -2.17. The van der Waals surface area contributed by atoms with Crippen molar-refractivity contribution in [2.45, 2.75) is 202 Å². The Morgan fingerprint density at radius 2 is 1.61 bits per heavy atom. The number of nitrogens with two attached hydrogens (primary N) is 1. The number of allylic oxidation sites excluding steroid dienone is 3. The van der Waals surface area contributed by atoms with Crippen LogP contribution in [0.5, 0.6) is 17.2 Å². The van der Waals surface area contributed by atoms with Gasteiger partial charge in [-0.1, -0.05) is 70.0 Å². The molecule has 4 aliphatic heterocycles. The first-order valence-electron chi connectivity index (χ1n) is 31.7. The zero-order valence-corrected chi connectivity index (χ0v) is 60.2. The Morgan fingerprint density at radius 1 is 0.887 bits per heavy atom. The van der Waals surface area contributed by atoms with Gasteiger partial charge in [0.1, 0.15) is 54.7 Å². The minimum absolute atomic E-state index is 0.00588. The van der Waals surface area contributed by atoms with Gasteiger partial charge in [-0.3, -0.25) is 33.6 Å². The molecule has 7 rings (SSSR count). The molecule has 1 aromatic rings. The first-order valence-corrected chi connectivity index (χ1v) is 36.2. The molecule has 0 radical (unpaired) electrons. The zero-order chi connectivity index (χ0) is 71.0. The number of amides is 1. The Balaban J connectivity index is 1.12. The van der Waals surface area contributed by atoms with Crippen molar-refractivity contribution in [2.24, 2.45) is 11.7 Å². The maximum absolute atomic E-state index is 14.5. The number of carbonyl (C=O) groups is 6. The lowest BCUT2D eigenvalue weighted by Gasteiger charge is -2.46. The number of carbonyl (C=O) groups excluding carboxylic acids is 5. The molecule has 97 heavy (non-hydrogen) atoms. The first-order chi connectivity index (χ1) is 46.2. The molecule has 2 bridgehead atoms. The second-order valence-corrected chi connectivity index (χ2v) is 28.7. The molecule has 20 atom stereocenters. The molecular weight excluding hydrogens is 1440 g/mol. The van der Waals surface area contributed by atoms with Crippen molar-refractivity contribution in [2.75, 3.05) is 66.2 Å². The molecule has 32 heteroatoms. The number of likely N-dealkylation sites (N-methyl/N-ethyl adjacent to an activating group) is 1. The van der Waals surface area contributed by atoms with E-state index in [1.54, 1.807) is 40.9 Å². The standard InChI is InChI=1S/C65H89IN4O24S3/c1-11-68-40-29-87-46(26-44(40)83-7)92-58-53(78)51(70-94-47-25-41(73)60(35(6)88-47)97-62(81)48-32(3)50(66)56(59(86-10)55(48)84-8)93-63-54(79)57(85-9)52(77)34(5)90-63)33(4)89-64(58)91-43-18-14-12-13-15-20-65(82)27-42(74)38(23-31(2)71)49(43)39(65)19-22-95-96-30-36(24-37(72)17-16-21-67)61(80)69-28-45(75)76/h12-13,19,33-36,40-41,43-44,46-47,51-54,57-58,60,63-64,68,70,73,77-79,82H,11,16-17,21-30,67H2,1-10H3,(H,69,80)(H,75,76)/b13-12-,39-19?/t33-,34+,35-,36?,40+,41+,43+,44+,46+,47+,51-,52+,53+,54-,57-,58-,60-,63+,64+,65+/m1/s1. The van der Waals surface area contributed by atoms with Crippen LogP contribution in [0.1, 0.15) is 95.5 Å². The average molecular weight is 1530 g/mol. The van der Waals surface area contributed by atoms with Crippen molar-refractivity contribution < 1.29 is 116 Å². The predicted molar refractivity (Wildman–Crippen MR) is 363 cm³/mol. The lowest BCUT2D eigenvalue weighted by atomic mass is 9.72. The number of ketones is 3. The SMILES string of the molecule is CCN[C@H]1CO[C@@H](O[C@H]2[C@H](O[C@H]3C#C/C=C\C#C[C@]4(O)CC(=O)C(CC(C)=O)=C3C4=CCSSCC(CC(=O)CCCN)C(=O)NCC(=O)O)O[C@H](C)[C@@H](NO[C@H]3C[C@H](O)[C@H](SC(=O)c4c(C)c(I)c(O[C@@H]5O[C@@H](C)[C@H](O)[C@@H](OC)[C@H]5O)c(OC)c4OC)[C@@H](C)O3)[C@@H]2O)C[C@@H]1OC. The van der Waals surface area contributed by atoms with Crippen LogP contribution in [0, 0.1) is 40.1 Å². The van der Waals surface area contributed by atoms with Gasteiger partial charge in [0.2, 0.25) is 23.1 Å². The summed E-state index contributed by atoms with van der Waals surface area (Å²) in [5, 5.41) is 72.2. The molecule has 6 aliphatic rings. The Kier molecular flexibility index (Phi) is 31.0. The van der Waals surface area contributed by atoms with Crippen molar-refractivity contribution in [1.29, 1.82) is 0 Å². The van der Waals surface area contributed by atoms with Crippen molar-refractivity contribution in [1.82, 2.24) is 16.1 Å². The zero-order valence-electron chi connectivity index (χ0n) is 55.6. The van der Waals surface area contributed by atoms with Gasteiger partial charge in [0.15, 0.2) is 41.8 Å². The van der Waals surface area contributed by atoms with Gasteiger partial charge in [-0.05, 0) is 94.4 Å². The molecule has 4 heterocycles. The molecule has 1 unspecified atom stereocenters. The van der Waals surface area contributed by atoms with E-state index in [0.717, 1.165) is 11.8 Å². The number of Topliss-reactive ketones (excluding diaryl/α,β-unsaturated/α-hetero) is 3. The molecule has 0 saturated carbocycles. The van der Waals surface area contributed by atoms with Gasteiger partial charge in [-0.15, -0.1) is 0 Å². The van der Waals surface area contributed by atoms with E-state index in [0.29, 0.717) is 22.1 Å². The van der Waals surface area contributed by atoms with Crippen molar-refractivity contribution in [3.63, 3.8) is 0 Å².